The predicted octanol–water partition coefficient (Wildman–Crippen LogP) is 0.245. The summed E-state index contributed by atoms with van der Waals surface area (Å²) in [4.78, 5) is 32.9. The Morgan fingerprint density at radius 3 is 2.53 bits per heavy atom. The molecule has 1 fully saturated rings. The number of nitrogens with one attached hydrogen (secondary N) is 1. The van der Waals surface area contributed by atoms with Crippen molar-refractivity contribution >= 4 is 11.8 Å². The molecule has 1 atom stereocenters. The standard InChI is InChI=1S/C21H24N4O5/c26-13-17(23-20(27)16-3-5-22-6-4-16)21(28)25-9-7-24(8-10-25)12-15-1-2-18-19(11-15)30-14-29-18/h1-6,11,17,26H,7-10,12-14H2,(H,23,27). The van der Waals surface area contributed by atoms with Crippen LogP contribution in [0.25, 0.3) is 0 Å². The van der Waals surface area contributed by atoms with Gasteiger partial charge in [0.05, 0.1) is 6.61 Å². The van der Waals surface area contributed by atoms with E-state index >= 15 is 0 Å². The number of benzene rings is 1. The summed E-state index contributed by atoms with van der Waals surface area (Å²) in [7, 11) is 0. The number of carbonyl (C=O) groups is 2. The van der Waals surface area contributed by atoms with Gasteiger partial charge in [0.15, 0.2) is 11.5 Å². The van der Waals surface area contributed by atoms with E-state index in [4.69, 9.17) is 9.47 Å². The van der Waals surface area contributed by atoms with Gasteiger partial charge in [-0.15, -0.1) is 0 Å². The SMILES string of the molecule is O=C(NC(CO)C(=O)N1CCN(Cc2ccc3c(c2)OCO3)CC1)c1ccncc1. The van der Waals surface area contributed by atoms with Gasteiger partial charge in [0.25, 0.3) is 5.91 Å². The third-order valence-electron chi connectivity index (χ3n) is 5.26. The number of aliphatic hydroxyl groups excluding tert-OH is 1. The molecule has 1 aromatic carbocycles. The van der Waals surface area contributed by atoms with Crippen LogP contribution in [-0.4, -0.2) is 77.3 Å². The molecule has 4 rings (SSSR count). The molecule has 0 aliphatic carbocycles. The number of ether oxygens (including phenoxy) is 2. The Balaban J connectivity index is 1.29. The molecule has 0 spiro atoms. The van der Waals surface area contributed by atoms with Crippen molar-refractivity contribution in [2.24, 2.45) is 0 Å². The Morgan fingerprint density at radius 2 is 1.80 bits per heavy atom. The van der Waals surface area contributed by atoms with E-state index in [2.05, 4.69) is 15.2 Å². The van der Waals surface area contributed by atoms with E-state index in [-0.39, 0.29) is 12.7 Å². The first-order chi connectivity index (χ1) is 14.6. The van der Waals surface area contributed by atoms with Crippen molar-refractivity contribution in [3.63, 3.8) is 0 Å². The zero-order valence-corrected chi connectivity index (χ0v) is 16.5. The van der Waals surface area contributed by atoms with Crippen LogP contribution >= 0.6 is 0 Å². The molecule has 3 heterocycles. The fourth-order valence-corrected chi connectivity index (χ4v) is 3.57. The van der Waals surface area contributed by atoms with Gasteiger partial charge < -0.3 is 24.8 Å². The number of piperazine rings is 1. The van der Waals surface area contributed by atoms with Gasteiger partial charge in [-0.3, -0.25) is 19.5 Å². The van der Waals surface area contributed by atoms with Crippen LogP contribution in [0.15, 0.2) is 42.7 Å². The van der Waals surface area contributed by atoms with Crippen molar-refractivity contribution in [2.75, 3.05) is 39.6 Å². The van der Waals surface area contributed by atoms with Crippen molar-refractivity contribution < 1.29 is 24.2 Å². The van der Waals surface area contributed by atoms with E-state index in [0.717, 1.165) is 23.6 Å². The Kier molecular flexibility index (Phi) is 6.10. The van der Waals surface area contributed by atoms with Gasteiger partial charge in [0.2, 0.25) is 12.7 Å². The summed E-state index contributed by atoms with van der Waals surface area (Å²) < 4.78 is 10.8. The van der Waals surface area contributed by atoms with Crippen LogP contribution in [0.2, 0.25) is 0 Å². The number of nitrogens with zero attached hydrogens (tertiary/aromatic N) is 3. The predicted molar refractivity (Wildman–Crippen MR) is 107 cm³/mol. The topological polar surface area (TPSA) is 104 Å². The van der Waals surface area contributed by atoms with Gasteiger partial charge >= 0.3 is 0 Å². The molecule has 0 radical (unpaired) electrons. The van der Waals surface area contributed by atoms with Crippen LogP contribution < -0.4 is 14.8 Å². The number of fused-ring (bicyclic) bond motifs is 1. The minimum Gasteiger partial charge on any atom is -0.454 e. The van der Waals surface area contributed by atoms with Crippen LogP contribution in [0.1, 0.15) is 15.9 Å². The van der Waals surface area contributed by atoms with E-state index in [1.165, 1.54) is 12.4 Å². The lowest BCUT2D eigenvalue weighted by atomic mass is 10.1. The third-order valence-corrected chi connectivity index (χ3v) is 5.26. The van der Waals surface area contributed by atoms with Gasteiger partial charge in [0, 0.05) is 50.7 Å². The summed E-state index contributed by atoms with van der Waals surface area (Å²) in [6, 6.07) is 8.06. The molecular formula is C21H24N4O5. The minimum absolute atomic E-state index is 0.253. The maximum atomic E-state index is 12.8. The number of rotatable bonds is 6. The van der Waals surface area contributed by atoms with Gasteiger partial charge in [-0.25, -0.2) is 0 Å². The average Bonchev–Trinajstić information content (AvgIpc) is 3.26. The quantitative estimate of drug-likeness (QED) is 0.701. The van der Waals surface area contributed by atoms with E-state index in [9.17, 15) is 14.7 Å². The zero-order chi connectivity index (χ0) is 20.9. The van der Waals surface area contributed by atoms with Gasteiger partial charge in [-0.1, -0.05) is 6.07 Å². The summed E-state index contributed by atoms with van der Waals surface area (Å²) in [6.45, 7) is 3.03. The highest BCUT2D eigenvalue weighted by atomic mass is 16.7. The first-order valence-corrected chi connectivity index (χ1v) is 9.85. The van der Waals surface area contributed by atoms with Crippen molar-refractivity contribution in [3.05, 3.63) is 53.9 Å². The molecule has 0 saturated carbocycles. The molecule has 2 aliphatic rings. The number of aromatic nitrogens is 1. The first-order valence-electron chi connectivity index (χ1n) is 9.85. The van der Waals surface area contributed by atoms with Gasteiger partial charge in [-0.05, 0) is 29.8 Å². The molecule has 158 valence electrons. The van der Waals surface area contributed by atoms with Crippen LogP contribution in [0.5, 0.6) is 11.5 Å². The molecule has 9 nitrogen and oxygen atoms in total. The highest BCUT2D eigenvalue weighted by molar-refractivity contribution is 5.97. The first kappa shape index (κ1) is 20.1. The van der Waals surface area contributed by atoms with E-state index in [0.29, 0.717) is 31.7 Å². The molecule has 0 bridgehead atoms. The molecule has 30 heavy (non-hydrogen) atoms. The Hall–Kier alpha value is -3.17. The Morgan fingerprint density at radius 1 is 1.07 bits per heavy atom. The van der Waals surface area contributed by atoms with E-state index < -0.39 is 18.6 Å². The normalized spacial score (nSPS) is 16.9. The molecule has 1 saturated heterocycles. The third kappa shape index (κ3) is 4.52. The number of carbonyl (C=O) groups excluding carboxylic acids is 2. The van der Waals surface area contributed by atoms with Crippen LogP contribution in [0, 0.1) is 0 Å². The summed E-state index contributed by atoms with van der Waals surface area (Å²) in [5.41, 5.74) is 1.52. The van der Waals surface area contributed by atoms with Crippen LogP contribution in [-0.2, 0) is 11.3 Å². The number of pyridine rings is 1. The lowest BCUT2D eigenvalue weighted by Gasteiger charge is -2.36. The second-order valence-electron chi connectivity index (χ2n) is 7.23. The largest absolute Gasteiger partial charge is 0.454 e. The Bertz CT molecular complexity index is 900. The van der Waals surface area contributed by atoms with E-state index in [1.807, 2.05) is 18.2 Å². The molecule has 2 aliphatic heterocycles. The molecule has 2 amide bonds. The van der Waals surface area contributed by atoms with Crippen molar-refractivity contribution in [1.82, 2.24) is 20.1 Å². The fraction of sp³-hybridized carbons (Fsp3) is 0.381. The van der Waals surface area contributed by atoms with Gasteiger partial charge in [-0.2, -0.15) is 0 Å². The van der Waals surface area contributed by atoms with Crippen LogP contribution in [0.3, 0.4) is 0 Å². The maximum absolute atomic E-state index is 12.8. The second-order valence-corrected chi connectivity index (χ2v) is 7.23. The molecular weight excluding hydrogens is 388 g/mol. The van der Waals surface area contributed by atoms with Crippen molar-refractivity contribution in [2.45, 2.75) is 12.6 Å². The number of aliphatic hydroxyl groups is 1. The molecule has 1 unspecified atom stereocenters. The molecule has 2 N–H and O–H groups in total. The van der Waals surface area contributed by atoms with Crippen LogP contribution in [0.4, 0.5) is 0 Å². The lowest BCUT2D eigenvalue weighted by molar-refractivity contribution is -0.136. The highest BCUT2D eigenvalue weighted by Gasteiger charge is 2.28. The van der Waals surface area contributed by atoms with Gasteiger partial charge in [0.1, 0.15) is 6.04 Å². The Labute approximate surface area is 174 Å². The average molecular weight is 412 g/mol. The fourth-order valence-electron chi connectivity index (χ4n) is 3.57. The molecule has 9 heteroatoms. The number of amides is 2. The zero-order valence-electron chi connectivity index (χ0n) is 16.5. The summed E-state index contributed by atoms with van der Waals surface area (Å²) in [5.74, 6) is 0.837. The maximum Gasteiger partial charge on any atom is 0.252 e. The molecule has 1 aromatic heterocycles. The minimum atomic E-state index is -0.967. The second kappa shape index (κ2) is 9.10. The lowest BCUT2D eigenvalue weighted by Crippen LogP contribution is -2.55. The summed E-state index contributed by atoms with van der Waals surface area (Å²) in [6.07, 6.45) is 3.01. The van der Waals surface area contributed by atoms with Crippen molar-refractivity contribution in [1.29, 1.82) is 0 Å². The number of hydrogen-bond acceptors (Lipinski definition) is 7. The highest BCUT2D eigenvalue weighted by Crippen LogP contribution is 2.32. The van der Waals surface area contributed by atoms with E-state index in [1.54, 1.807) is 17.0 Å². The monoisotopic (exact) mass is 412 g/mol. The van der Waals surface area contributed by atoms with Crippen molar-refractivity contribution in [3.8, 4) is 11.5 Å². The molecule has 2 aromatic rings. The summed E-state index contributed by atoms with van der Waals surface area (Å²) in [5, 5.41) is 12.2. The number of hydrogen-bond donors (Lipinski definition) is 2. The summed E-state index contributed by atoms with van der Waals surface area (Å²) >= 11 is 0. The smallest absolute Gasteiger partial charge is 0.252 e.